The predicted octanol–water partition coefficient (Wildman–Crippen LogP) is 3.80. The summed E-state index contributed by atoms with van der Waals surface area (Å²) in [6.07, 6.45) is 1.54. The summed E-state index contributed by atoms with van der Waals surface area (Å²) >= 11 is 0. The van der Waals surface area contributed by atoms with Crippen LogP contribution in [-0.2, 0) is 11.3 Å². The molecule has 0 aliphatic carbocycles. The van der Waals surface area contributed by atoms with Gasteiger partial charge < -0.3 is 9.72 Å². The Balaban J connectivity index is 1.79. The average Bonchev–Trinajstić information content (AvgIpc) is 2.92. The molecule has 21 heavy (non-hydrogen) atoms. The summed E-state index contributed by atoms with van der Waals surface area (Å²) in [7, 11) is 0. The van der Waals surface area contributed by atoms with E-state index in [2.05, 4.69) is 4.98 Å². The number of halogens is 2. The van der Waals surface area contributed by atoms with E-state index in [1.807, 2.05) is 12.1 Å². The van der Waals surface area contributed by atoms with Gasteiger partial charge in [-0.3, -0.25) is 0 Å². The lowest BCUT2D eigenvalue weighted by atomic mass is 10.2. The second-order valence-electron chi connectivity index (χ2n) is 4.54. The largest absolute Gasteiger partial charge is 0.457 e. The summed E-state index contributed by atoms with van der Waals surface area (Å²) in [6, 6.07) is 11.0. The van der Waals surface area contributed by atoms with Gasteiger partial charge in [0.15, 0.2) is 11.6 Å². The number of rotatable bonds is 3. The van der Waals surface area contributed by atoms with E-state index in [0.29, 0.717) is 5.56 Å². The van der Waals surface area contributed by atoms with Gasteiger partial charge in [-0.2, -0.15) is 0 Å². The van der Waals surface area contributed by atoms with Crippen LogP contribution in [0.15, 0.2) is 48.7 Å². The zero-order valence-corrected chi connectivity index (χ0v) is 10.9. The van der Waals surface area contributed by atoms with Crippen molar-refractivity contribution in [3.05, 3.63) is 71.4 Å². The van der Waals surface area contributed by atoms with Crippen molar-refractivity contribution in [2.24, 2.45) is 0 Å². The fourth-order valence-electron chi connectivity index (χ4n) is 2.12. The first-order valence-electron chi connectivity index (χ1n) is 6.33. The first-order valence-corrected chi connectivity index (χ1v) is 6.33. The maximum atomic E-state index is 13.5. The number of hydrogen-bond donors (Lipinski definition) is 1. The smallest absolute Gasteiger partial charge is 0.340 e. The molecular weight excluding hydrogens is 276 g/mol. The molecular formula is C16H11F2NO2. The third-order valence-corrected chi connectivity index (χ3v) is 3.20. The number of hydrogen-bond acceptors (Lipinski definition) is 2. The second kappa shape index (κ2) is 5.36. The molecule has 0 aliphatic rings. The van der Waals surface area contributed by atoms with Crippen molar-refractivity contribution >= 4 is 16.9 Å². The summed E-state index contributed by atoms with van der Waals surface area (Å²) < 4.78 is 31.6. The van der Waals surface area contributed by atoms with Crippen molar-refractivity contribution in [3.8, 4) is 0 Å². The van der Waals surface area contributed by atoms with Gasteiger partial charge >= 0.3 is 5.97 Å². The Morgan fingerprint density at radius 1 is 1.10 bits per heavy atom. The zero-order valence-electron chi connectivity index (χ0n) is 10.9. The molecule has 5 heteroatoms. The van der Waals surface area contributed by atoms with Crippen LogP contribution in [0.5, 0.6) is 0 Å². The van der Waals surface area contributed by atoms with Crippen LogP contribution in [0.25, 0.3) is 10.9 Å². The minimum Gasteiger partial charge on any atom is -0.457 e. The van der Waals surface area contributed by atoms with E-state index in [0.717, 1.165) is 17.0 Å². The van der Waals surface area contributed by atoms with Crippen LogP contribution in [0, 0.1) is 11.6 Å². The highest BCUT2D eigenvalue weighted by atomic mass is 19.2. The fourth-order valence-corrected chi connectivity index (χ4v) is 2.12. The summed E-state index contributed by atoms with van der Waals surface area (Å²) in [4.78, 5) is 15.0. The first kappa shape index (κ1) is 13.3. The monoisotopic (exact) mass is 287 g/mol. The average molecular weight is 287 g/mol. The van der Waals surface area contributed by atoms with E-state index in [1.54, 1.807) is 12.1 Å². The number of fused-ring (bicyclic) bond motifs is 1. The molecule has 3 nitrogen and oxygen atoms in total. The highest BCUT2D eigenvalue weighted by Crippen LogP contribution is 2.19. The lowest BCUT2D eigenvalue weighted by molar-refractivity contribution is 0.0470. The summed E-state index contributed by atoms with van der Waals surface area (Å²) in [5.74, 6) is -2.55. The Bertz CT molecular complexity index is 811. The highest BCUT2D eigenvalue weighted by Gasteiger charge is 2.15. The number of para-hydroxylation sites is 1. The molecule has 1 N–H and O–H groups in total. The van der Waals surface area contributed by atoms with Crippen LogP contribution < -0.4 is 0 Å². The van der Waals surface area contributed by atoms with Gasteiger partial charge in [-0.25, -0.2) is 13.6 Å². The maximum absolute atomic E-state index is 13.5. The van der Waals surface area contributed by atoms with E-state index >= 15 is 0 Å². The molecule has 0 atom stereocenters. The van der Waals surface area contributed by atoms with Gasteiger partial charge in [-0.15, -0.1) is 0 Å². The molecule has 3 aromatic rings. The minimum absolute atomic E-state index is 0.00295. The number of H-pyrrole nitrogens is 1. The molecule has 0 saturated heterocycles. The highest BCUT2D eigenvalue weighted by molar-refractivity contribution is 6.03. The molecule has 1 heterocycles. The van der Waals surface area contributed by atoms with Crippen LogP contribution >= 0.6 is 0 Å². The number of ether oxygens (including phenoxy) is 1. The van der Waals surface area contributed by atoms with Crippen LogP contribution in [-0.4, -0.2) is 11.0 Å². The lowest BCUT2D eigenvalue weighted by Gasteiger charge is -2.05. The molecule has 0 unspecified atom stereocenters. The summed E-state index contributed by atoms with van der Waals surface area (Å²) in [5, 5.41) is 0.724. The van der Waals surface area contributed by atoms with E-state index in [-0.39, 0.29) is 12.2 Å². The van der Waals surface area contributed by atoms with Crippen molar-refractivity contribution in [3.63, 3.8) is 0 Å². The van der Waals surface area contributed by atoms with Gasteiger partial charge in [0, 0.05) is 22.7 Å². The molecule has 0 fully saturated rings. The first-order chi connectivity index (χ1) is 10.2. The van der Waals surface area contributed by atoms with E-state index in [1.165, 1.54) is 18.3 Å². The normalized spacial score (nSPS) is 10.8. The van der Waals surface area contributed by atoms with E-state index < -0.39 is 17.6 Å². The van der Waals surface area contributed by atoms with Crippen molar-refractivity contribution in [2.75, 3.05) is 0 Å². The van der Waals surface area contributed by atoms with Gasteiger partial charge in [0.2, 0.25) is 0 Å². The second-order valence-corrected chi connectivity index (χ2v) is 4.54. The van der Waals surface area contributed by atoms with Crippen molar-refractivity contribution < 1.29 is 18.3 Å². The molecule has 0 radical (unpaired) electrons. The quantitative estimate of drug-likeness (QED) is 0.744. The van der Waals surface area contributed by atoms with Crippen molar-refractivity contribution in [1.82, 2.24) is 4.98 Å². The number of aromatic amines is 1. The van der Waals surface area contributed by atoms with Crippen LogP contribution in [0.4, 0.5) is 8.78 Å². The molecule has 3 rings (SSSR count). The minimum atomic E-state index is -0.996. The number of esters is 1. The Labute approximate surface area is 119 Å². The molecule has 0 amide bonds. The number of nitrogens with one attached hydrogen (secondary N) is 1. The molecule has 1 aromatic heterocycles. The van der Waals surface area contributed by atoms with Gasteiger partial charge in [0.05, 0.1) is 5.56 Å². The SMILES string of the molecule is O=C(OCc1cccc(F)c1F)c1c[nH]c2ccccc12. The predicted molar refractivity (Wildman–Crippen MR) is 73.8 cm³/mol. The Kier molecular flexibility index (Phi) is 3.39. The fraction of sp³-hybridized carbons (Fsp3) is 0.0625. The number of carbonyl (C=O) groups is 1. The number of benzene rings is 2. The molecule has 2 aromatic carbocycles. The van der Waals surface area contributed by atoms with Crippen LogP contribution in [0.1, 0.15) is 15.9 Å². The Hall–Kier alpha value is -2.69. The Morgan fingerprint density at radius 3 is 2.76 bits per heavy atom. The van der Waals surface area contributed by atoms with E-state index in [4.69, 9.17) is 4.74 Å². The lowest BCUT2D eigenvalue weighted by Crippen LogP contribution is -2.06. The third kappa shape index (κ3) is 2.50. The van der Waals surface area contributed by atoms with Gasteiger partial charge in [0.25, 0.3) is 0 Å². The third-order valence-electron chi connectivity index (χ3n) is 3.20. The molecule has 0 saturated carbocycles. The van der Waals surface area contributed by atoms with Gasteiger partial charge in [-0.05, 0) is 12.1 Å². The van der Waals surface area contributed by atoms with Gasteiger partial charge in [0.1, 0.15) is 6.61 Å². The topological polar surface area (TPSA) is 42.1 Å². The van der Waals surface area contributed by atoms with Crippen molar-refractivity contribution in [1.29, 1.82) is 0 Å². The Morgan fingerprint density at radius 2 is 1.90 bits per heavy atom. The molecule has 0 aliphatic heterocycles. The summed E-state index contributed by atoms with van der Waals surface area (Å²) in [6.45, 7) is -0.318. The van der Waals surface area contributed by atoms with Crippen LogP contribution in [0.2, 0.25) is 0 Å². The molecule has 0 bridgehead atoms. The molecule has 106 valence electrons. The maximum Gasteiger partial charge on any atom is 0.340 e. The zero-order chi connectivity index (χ0) is 14.8. The summed E-state index contributed by atoms with van der Waals surface area (Å²) in [5.41, 5.74) is 1.17. The van der Waals surface area contributed by atoms with Crippen LogP contribution in [0.3, 0.4) is 0 Å². The number of aromatic nitrogens is 1. The van der Waals surface area contributed by atoms with Crippen molar-refractivity contribution in [2.45, 2.75) is 6.61 Å². The molecule has 0 spiro atoms. The number of carbonyl (C=O) groups excluding carboxylic acids is 1. The van der Waals surface area contributed by atoms with Gasteiger partial charge in [-0.1, -0.05) is 30.3 Å². The van der Waals surface area contributed by atoms with E-state index in [9.17, 15) is 13.6 Å². The standard InChI is InChI=1S/C16H11F2NO2/c17-13-6-3-4-10(15(13)18)9-21-16(20)12-8-19-14-7-2-1-5-11(12)14/h1-8,19H,9H2.